The molecular weight excluding hydrogens is 126 g/mol. The average molecular weight is 134 g/mol. The van der Waals surface area contributed by atoms with Crippen LogP contribution in [-0.4, -0.2) is 16.7 Å². The predicted octanol–water partition coefficient (Wildman–Crippen LogP) is 0.635. The van der Waals surface area contributed by atoms with Crippen LogP contribution in [0.15, 0.2) is 6.20 Å². The molecular formula is C7H8N3. The van der Waals surface area contributed by atoms with E-state index in [4.69, 9.17) is 0 Å². The Kier molecular flexibility index (Phi) is 1.27. The quantitative estimate of drug-likeness (QED) is 0.565. The van der Waals surface area contributed by atoms with Gasteiger partial charge in [-0.15, -0.1) is 0 Å². The van der Waals surface area contributed by atoms with Crippen LogP contribution in [0.2, 0.25) is 0 Å². The molecule has 1 aromatic rings. The number of hydrogen-bond acceptors (Lipinski definition) is 3. The average Bonchev–Trinajstić information content (AvgIpc) is 2.05. The molecule has 0 aliphatic carbocycles. The molecule has 1 aliphatic heterocycles. The van der Waals surface area contributed by atoms with Gasteiger partial charge in [-0.25, -0.2) is 0 Å². The van der Waals surface area contributed by atoms with Crippen molar-refractivity contribution in [1.29, 1.82) is 0 Å². The highest BCUT2D eigenvalue weighted by atomic mass is 15.1. The molecule has 0 bridgehead atoms. The molecule has 3 heteroatoms. The van der Waals surface area contributed by atoms with Crippen molar-refractivity contribution in [2.75, 3.05) is 11.9 Å². The van der Waals surface area contributed by atoms with Gasteiger partial charge in [-0.05, 0) is 12.8 Å². The summed E-state index contributed by atoms with van der Waals surface area (Å²) < 4.78 is 0. The van der Waals surface area contributed by atoms with E-state index in [0.29, 0.717) is 0 Å². The van der Waals surface area contributed by atoms with Crippen LogP contribution in [0.5, 0.6) is 0 Å². The monoisotopic (exact) mass is 134 g/mol. The van der Waals surface area contributed by atoms with Crippen molar-refractivity contribution >= 4 is 5.69 Å². The molecule has 0 aromatic carbocycles. The van der Waals surface area contributed by atoms with E-state index in [1.165, 1.54) is 0 Å². The largest absolute Gasteiger partial charge is 0.383 e. The zero-order chi connectivity index (χ0) is 6.81. The Morgan fingerprint density at radius 1 is 1.60 bits per heavy atom. The minimum absolute atomic E-state index is 1.03. The highest BCUT2D eigenvalue weighted by Crippen LogP contribution is 2.15. The fourth-order valence-corrected chi connectivity index (χ4v) is 1.12. The normalized spacial score (nSPS) is 15.6. The second kappa shape index (κ2) is 2.25. The van der Waals surface area contributed by atoms with Crippen molar-refractivity contribution in [1.82, 2.24) is 10.2 Å². The van der Waals surface area contributed by atoms with Gasteiger partial charge >= 0.3 is 0 Å². The molecule has 0 amide bonds. The first kappa shape index (κ1) is 5.65. The number of aromatic nitrogens is 2. The number of aryl methyl sites for hydroxylation is 1. The fraction of sp³-hybridized carbons (Fsp3) is 0.429. The third-order valence-electron chi connectivity index (χ3n) is 1.63. The molecule has 1 N–H and O–H groups in total. The second-order valence-electron chi connectivity index (χ2n) is 2.34. The van der Waals surface area contributed by atoms with E-state index in [9.17, 15) is 0 Å². The molecule has 1 radical (unpaired) electrons. The van der Waals surface area contributed by atoms with Crippen LogP contribution in [0, 0.1) is 6.07 Å². The summed E-state index contributed by atoms with van der Waals surface area (Å²) in [6.07, 6.45) is 3.78. The first-order chi connectivity index (χ1) is 4.97. The van der Waals surface area contributed by atoms with E-state index in [1.807, 2.05) is 0 Å². The molecule has 1 aliphatic rings. The molecule has 10 heavy (non-hydrogen) atoms. The zero-order valence-corrected chi connectivity index (χ0v) is 5.59. The lowest BCUT2D eigenvalue weighted by Crippen LogP contribution is -2.13. The van der Waals surface area contributed by atoms with E-state index in [2.05, 4.69) is 21.6 Å². The van der Waals surface area contributed by atoms with Gasteiger partial charge in [0.1, 0.15) is 0 Å². The van der Waals surface area contributed by atoms with Crippen molar-refractivity contribution < 1.29 is 0 Å². The number of nitrogens with zero attached hydrogens (tertiary/aromatic N) is 2. The molecule has 51 valence electrons. The van der Waals surface area contributed by atoms with E-state index in [1.54, 1.807) is 6.20 Å². The minimum Gasteiger partial charge on any atom is -0.383 e. The van der Waals surface area contributed by atoms with Crippen molar-refractivity contribution in [3.8, 4) is 0 Å². The Hall–Kier alpha value is -1.12. The lowest BCUT2D eigenvalue weighted by Gasteiger charge is -2.14. The Labute approximate surface area is 59.5 Å². The van der Waals surface area contributed by atoms with Crippen LogP contribution in [-0.2, 0) is 6.42 Å². The van der Waals surface area contributed by atoms with Crippen LogP contribution in [0.3, 0.4) is 0 Å². The molecule has 0 unspecified atom stereocenters. The molecule has 0 saturated carbocycles. The molecule has 0 fully saturated rings. The fourth-order valence-electron chi connectivity index (χ4n) is 1.12. The van der Waals surface area contributed by atoms with Crippen LogP contribution >= 0.6 is 0 Å². The van der Waals surface area contributed by atoms with Gasteiger partial charge in [0, 0.05) is 12.6 Å². The Bertz CT molecular complexity index is 209. The standard InChI is InChI=1S/C7H8N3/c1-2-7-6(8-4-1)3-5-9-10-7/h5,8H,1-2,4H2. The smallest absolute Gasteiger partial charge is 0.0868 e. The first-order valence-corrected chi connectivity index (χ1v) is 3.43. The summed E-state index contributed by atoms with van der Waals surface area (Å²) in [5.41, 5.74) is 2.08. The van der Waals surface area contributed by atoms with Crippen molar-refractivity contribution in [3.63, 3.8) is 0 Å². The summed E-state index contributed by atoms with van der Waals surface area (Å²) in [6, 6.07) is 3.00. The number of hydrogen-bond donors (Lipinski definition) is 1. The maximum absolute atomic E-state index is 3.98. The summed E-state index contributed by atoms with van der Waals surface area (Å²) in [5.74, 6) is 0. The van der Waals surface area contributed by atoms with Crippen molar-refractivity contribution in [2.24, 2.45) is 0 Å². The molecule has 0 spiro atoms. The topological polar surface area (TPSA) is 37.8 Å². The maximum atomic E-state index is 3.98. The number of anilines is 1. The Morgan fingerprint density at radius 2 is 2.60 bits per heavy atom. The SMILES string of the molecule is [c]1cnnc2c1NCCC2. The third-order valence-corrected chi connectivity index (χ3v) is 1.63. The second-order valence-corrected chi connectivity index (χ2v) is 2.34. The van der Waals surface area contributed by atoms with Crippen LogP contribution in [0.25, 0.3) is 0 Å². The van der Waals surface area contributed by atoms with E-state index >= 15 is 0 Å². The Morgan fingerprint density at radius 3 is 3.50 bits per heavy atom. The molecule has 1 aromatic heterocycles. The van der Waals surface area contributed by atoms with Crippen LogP contribution in [0.1, 0.15) is 12.1 Å². The van der Waals surface area contributed by atoms with Gasteiger partial charge in [0.25, 0.3) is 0 Å². The van der Waals surface area contributed by atoms with Gasteiger partial charge in [-0.2, -0.15) is 10.2 Å². The Balaban J connectivity index is 2.41. The lowest BCUT2D eigenvalue weighted by molar-refractivity contribution is 0.774. The van der Waals surface area contributed by atoms with Crippen molar-refractivity contribution in [3.05, 3.63) is 18.0 Å². The van der Waals surface area contributed by atoms with Gasteiger partial charge < -0.3 is 5.32 Å². The predicted molar refractivity (Wildman–Crippen MR) is 37.7 cm³/mol. The van der Waals surface area contributed by atoms with Crippen molar-refractivity contribution in [2.45, 2.75) is 12.8 Å². The van der Waals surface area contributed by atoms with E-state index in [-0.39, 0.29) is 0 Å². The highest BCUT2D eigenvalue weighted by Gasteiger charge is 2.07. The van der Waals surface area contributed by atoms with Gasteiger partial charge in [0.05, 0.1) is 17.6 Å². The van der Waals surface area contributed by atoms with Gasteiger partial charge in [0.15, 0.2) is 0 Å². The molecule has 2 rings (SSSR count). The molecule has 2 heterocycles. The lowest BCUT2D eigenvalue weighted by atomic mass is 10.1. The number of rotatable bonds is 0. The third kappa shape index (κ3) is 0.835. The molecule has 0 saturated heterocycles. The summed E-state index contributed by atoms with van der Waals surface area (Å²) in [4.78, 5) is 0. The summed E-state index contributed by atoms with van der Waals surface area (Å²) in [6.45, 7) is 1.04. The minimum atomic E-state index is 1.03. The molecule has 0 atom stereocenters. The summed E-state index contributed by atoms with van der Waals surface area (Å²) in [5, 5.41) is 10.9. The van der Waals surface area contributed by atoms with Gasteiger partial charge in [-0.3, -0.25) is 0 Å². The maximum Gasteiger partial charge on any atom is 0.0868 e. The summed E-state index contributed by atoms with van der Waals surface area (Å²) in [7, 11) is 0. The van der Waals surface area contributed by atoms with Gasteiger partial charge in [0.2, 0.25) is 0 Å². The van der Waals surface area contributed by atoms with E-state index in [0.717, 1.165) is 30.8 Å². The molecule has 3 nitrogen and oxygen atoms in total. The van der Waals surface area contributed by atoms with E-state index < -0.39 is 0 Å². The van der Waals surface area contributed by atoms with Crippen LogP contribution in [0.4, 0.5) is 5.69 Å². The number of nitrogens with one attached hydrogen (secondary N) is 1. The zero-order valence-electron chi connectivity index (χ0n) is 5.59. The van der Waals surface area contributed by atoms with Crippen LogP contribution < -0.4 is 5.32 Å². The highest BCUT2D eigenvalue weighted by molar-refractivity contribution is 5.46. The first-order valence-electron chi connectivity index (χ1n) is 3.43. The summed E-state index contributed by atoms with van der Waals surface area (Å²) >= 11 is 0. The number of fused-ring (bicyclic) bond motifs is 1. The van der Waals surface area contributed by atoms with Gasteiger partial charge in [-0.1, -0.05) is 0 Å².